The Morgan fingerprint density at radius 3 is 1.08 bits per heavy atom. The van der Waals surface area contributed by atoms with Crippen molar-refractivity contribution in [1.29, 1.82) is 0 Å². The van der Waals surface area contributed by atoms with E-state index in [1.807, 2.05) is 68.4 Å². The monoisotopic (exact) mass is 1420 g/mol. The smallest absolute Gasteiger partial charge is 0.417 e. The van der Waals surface area contributed by atoms with Gasteiger partial charge in [-0.25, -0.2) is 0 Å². The first-order valence-electron chi connectivity index (χ1n) is 31.5. The lowest BCUT2D eigenvalue weighted by molar-refractivity contribution is -0.138. The molecule has 12 aromatic rings. The van der Waals surface area contributed by atoms with E-state index in [2.05, 4.69) is 22.9 Å². The number of nitrogens with one attached hydrogen (secondary N) is 3. The SMILES string of the molecule is CCNCCOc1ccc(-c2c(C(=O)c3ccc(C(F)(F)F)cc3)sc3cc(O)ccc23)cc1.CCNCCOc1ccc(-c2c(C(=O)c3ccc(Cl)cc3)sc3cc(O)ccc23)cc1.CCNCCOc1ccc(-c2c(C(=O)c3ccccc3C(F)(F)F)sc3cc(O)ccc23)cc1. The molecule has 0 aliphatic rings. The highest BCUT2D eigenvalue weighted by atomic mass is 35.5. The molecular formula is C77H66ClF6N3O9S3. The molecule has 0 atom stereocenters. The van der Waals surface area contributed by atoms with Gasteiger partial charge < -0.3 is 45.5 Å². The van der Waals surface area contributed by atoms with Crippen LogP contribution >= 0.6 is 45.6 Å². The van der Waals surface area contributed by atoms with Gasteiger partial charge in [-0.05, 0) is 170 Å². The van der Waals surface area contributed by atoms with Crippen molar-refractivity contribution in [3.05, 3.63) is 248 Å². The summed E-state index contributed by atoms with van der Waals surface area (Å²) in [7, 11) is 0. The molecule has 3 aromatic heterocycles. The summed E-state index contributed by atoms with van der Waals surface area (Å²) in [5.41, 5.74) is 2.97. The van der Waals surface area contributed by atoms with E-state index in [9.17, 15) is 56.0 Å². The Balaban J connectivity index is 0.000000161. The molecule has 0 amide bonds. The van der Waals surface area contributed by atoms with Gasteiger partial charge in [-0.1, -0.05) is 99.1 Å². The first kappa shape index (κ1) is 72.2. The molecule has 0 radical (unpaired) electrons. The molecule has 12 nitrogen and oxygen atoms in total. The first-order chi connectivity index (χ1) is 47.6. The molecule has 99 heavy (non-hydrogen) atoms. The van der Waals surface area contributed by atoms with Crippen molar-refractivity contribution >= 4 is 93.2 Å². The number of carbonyl (C=O) groups is 3. The van der Waals surface area contributed by atoms with E-state index in [-0.39, 0.29) is 39.3 Å². The quantitative estimate of drug-likeness (QED) is 0.0192. The van der Waals surface area contributed by atoms with Gasteiger partial charge in [0, 0.05) is 88.3 Å². The number of phenolic OH excluding ortho intramolecular Hbond substituents is 3. The number of benzene rings is 9. The molecule has 0 aliphatic carbocycles. The van der Waals surface area contributed by atoms with Gasteiger partial charge in [-0.2, -0.15) is 26.3 Å². The number of aromatic hydroxyl groups is 3. The van der Waals surface area contributed by atoms with Gasteiger partial charge in [0.05, 0.1) is 25.8 Å². The minimum absolute atomic E-state index is 0.0134. The molecule has 0 spiro atoms. The molecule has 12 rings (SSSR count). The van der Waals surface area contributed by atoms with Crippen molar-refractivity contribution in [2.45, 2.75) is 33.1 Å². The molecule has 3 heterocycles. The lowest BCUT2D eigenvalue weighted by Gasteiger charge is -2.12. The molecule has 6 N–H and O–H groups in total. The summed E-state index contributed by atoms with van der Waals surface area (Å²) >= 11 is 9.63. The summed E-state index contributed by atoms with van der Waals surface area (Å²) in [6, 6.07) is 52.8. The third-order valence-corrected chi connectivity index (χ3v) is 19.2. The van der Waals surface area contributed by atoms with Crippen molar-refractivity contribution in [1.82, 2.24) is 16.0 Å². The Bertz CT molecular complexity index is 4770. The minimum atomic E-state index is -4.66. The third kappa shape index (κ3) is 17.8. The number of ether oxygens (including phenoxy) is 3. The van der Waals surface area contributed by atoms with Gasteiger partial charge in [0.25, 0.3) is 0 Å². The number of rotatable bonds is 24. The van der Waals surface area contributed by atoms with Crippen LogP contribution in [0.4, 0.5) is 26.3 Å². The summed E-state index contributed by atoms with van der Waals surface area (Å²) < 4.78 is 99.0. The summed E-state index contributed by atoms with van der Waals surface area (Å²) in [6.07, 6.45) is -9.13. The van der Waals surface area contributed by atoms with Gasteiger partial charge in [0.2, 0.25) is 17.3 Å². The number of hydrogen-bond donors (Lipinski definition) is 6. The van der Waals surface area contributed by atoms with Crippen LogP contribution in [0.15, 0.2) is 200 Å². The van der Waals surface area contributed by atoms with Crippen LogP contribution in [0.2, 0.25) is 5.02 Å². The largest absolute Gasteiger partial charge is 0.508 e. The summed E-state index contributed by atoms with van der Waals surface area (Å²) in [6.45, 7) is 12.5. The van der Waals surface area contributed by atoms with Crippen LogP contribution in [-0.2, 0) is 12.4 Å². The number of likely N-dealkylation sites (N-methyl/N-ethyl adjacent to an activating group) is 3. The number of phenols is 3. The second kappa shape index (κ2) is 32.9. The fourth-order valence-electron chi connectivity index (χ4n) is 10.7. The topological polar surface area (TPSA) is 176 Å². The highest BCUT2D eigenvalue weighted by molar-refractivity contribution is 7.22. The Morgan fingerprint density at radius 2 is 0.747 bits per heavy atom. The summed E-state index contributed by atoms with van der Waals surface area (Å²) in [5, 5.41) is 42.3. The van der Waals surface area contributed by atoms with Crippen molar-refractivity contribution in [3.63, 3.8) is 0 Å². The maximum absolute atomic E-state index is 13.6. The average molecular weight is 1420 g/mol. The second-order valence-corrected chi connectivity index (χ2v) is 25.8. The van der Waals surface area contributed by atoms with Crippen molar-refractivity contribution in [3.8, 4) is 67.9 Å². The number of halogens is 7. The van der Waals surface area contributed by atoms with Crippen LogP contribution in [0.25, 0.3) is 63.6 Å². The number of carbonyl (C=O) groups excluding carboxylic acids is 3. The van der Waals surface area contributed by atoms with E-state index in [4.69, 9.17) is 25.8 Å². The zero-order chi connectivity index (χ0) is 70.4. The molecule has 0 saturated heterocycles. The van der Waals surface area contributed by atoms with Crippen LogP contribution in [0.5, 0.6) is 34.5 Å². The summed E-state index contributed by atoms with van der Waals surface area (Å²) in [4.78, 5) is 41.4. The number of fused-ring (bicyclic) bond motifs is 3. The van der Waals surface area contributed by atoms with Crippen molar-refractivity contribution in [2.75, 3.05) is 59.1 Å². The van der Waals surface area contributed by atoms with E-state index < -0.39 is 34.8 Å². The summed E-state index contributed by atoms with van der Waals surface area (Å²) in [5.74, 6) is 1.21. The van der Waals surface area contributed by atoms with Crippen LogP contribution in [0.3, 0.4) is 0 Å². The van der Waals surface area contributed by atoms with Crippen LogP contribution in [-0.4, -0.2) is 91.8 Å². The Hall–Kier alpha value is -9.58. The molecule has 510 valence electrons. The van der Waals surface area contributed by atoms with Crippen LogP contribution in [0, 0.1) is 0 Å². The standard InChI is InChI=1S/2C26H22F3NO3S.C25H22ClNO3S/c1-2-30-13-14-33-20-10-5-16(6-11-20)23-21-12-9-19(31)15-22(21)34-25(23)24(32)17-3-7-18(8-4-17)26(27,28)29;1-2-30-13-14-33-18-10-7-16(8-11-18)23-20-12-9-17(31)15-22(20)34-25(23)24(32)19-5-3-4-6-21(19)26(27,28)29;1-2-27-13-14-30-20-10-5-16(6-11-20)23-21-12-9-19(28)15-22(21)31-25(23)24(29)17-3-7-18(26)8-4-17/h2*3-12,15,30-31H,2,13-14H2,1H3;3-12,15,27-28H,2,13-14H2,1H3. The normalized spacial score (nSPS) is 11.5. The zero-order valence-electron chi connectivity index (χ0n) is 53.6. The van der Waals surface area contributed by atoms with Gasteiger partial charge in [-0.15, -0.1) is 34.0 Å². The minimum Gasteiger partial charge on any atom is -0.508 e. The molecular weight excluding hydrogens is 1360 g/mol. The lowest BCUT2D eigenvalue weighted by atomic mass is 9.96. The van der Waals surface area contributed by atoms with E-state index in [0.29, 0.717) is 89.7 Å². The maximum Gasteiger partial charge on any atom is 0.417 e. The Morgan fingerprint density at radius 1 is 0.414 bits per heavy atom. The Kier molecular flexibility index (Phi) is 23.9. The highest BCUT2D eigenvalue weighted by Crippen LogP contribution is 2.46. The van der Waals surface area contributed by atoms with E-state index in [1.165, 1.54) is 65.1 Å². The number of alkyl halides is 6. The predicted molar refractivity (Wildman–Crippen MR) is 384 cm³/mol. The molecule has 22 heteroatoms. The average Bonchev–Trinajstić information content (AvgIpc) is 1.65. The highest BCUT2D eigenvalue weighted by Gasteiger charge is 2.36. The van der Waals surface area contributed by atoms with Crippen molar-refractivity contribution < 1.29 is 70.3 Å². The molecule has 0 fully saturated rings. The van der Waals surface area contributed by atoms with Gasteiger partial charge in [0.1, 0.15) is 54.3 Å². The first-order valence-corrected chi connectivity index (χ1v) is 34.3. The van der Waals surface area contributed by atoms with Gasteiger partial charge >= 0.3 is 12.4 Å². The molecule has 0 unspecified atom stereocenters. The molecule has 0 saturated carbocycles. The zero-order valence-corrected chi connectivity index (χ0v) is 56.8. The van der Waals surface area contributed by atoms with Gasteiger partial charge in [0.15, 0.2) is 0 Å². The van der Waals surface area contributed by atoms with Crippen LogP contribution < -0.4 is 30.2 Å². The molecule has 9 aromatic carbocycles. The number of thiophene rings is 3. The van der Waals surface area contributed by atoms with Gasteiger partial charge in [-0.3, -0.25) is 14.4 Å². The maximum atomic E-state index is 13.6. The third-order valence-electron chi connectivity index (χ3n) is 15.5. The number of hydrogen-bond acceptors (Lipinski definition) is 15. The fraction of sp³-hybridized carbons (Fsp3) is 0.182. The van der Waals surface area contributed by atoms with Crippen LogP contribution in [0.1, 0.15) is 77.6 Å². The van der Waals surface area contributed by atoms with E-state index in [0.717, 1.165) is 100 Å². The van der Waals surface area contributed by atoms with E-state index in [1.54, 1.807) is 84.9 Å². The predicted octanol–water partition coefficient (Wildman–Crippen LogP) is 19.2. The lowest BCUT2D eigenvalue weighted by Crippen LogP contribution is -2.20. The fourth-order valence-corrected chi connectivity index (χ4v) is 14.5. The Labute approximate surface area is 583 Å². The van der Waals surface area contributed by atoms with E-state index >= 15 is 0 Å². The molecule has 0 bridgehead atoms. The van der Waals surface area contributed by atoms with Crippen molar-refractivity contribution in [2.24, 2.45) is 0 Å². The second-order valence-electron chi connectivity index (χ2n) is 22.3. The number of ketones is 3. The molecule has 0 aliphatic heterocycles.